The van der Waals surface area contributed by atoms with Crippen LogP contribution in [-0.4, -0.2) is 28.2 Å². The second-order valence-corrected chi connectivity index (χ2v) is 11.7. The molecule has 2 N–H and O–H groups in total. The van der Waals surface area contributed by atoms with Crippen LogP contribution in [0.4, 0.5) is 0 Å². The molecule has 0 spiro atoms. The Morgan fingerprint density at radius 3 is 1.70 bits per heavy atom. The van der Waals surface area contributed by atoms with E-state index >= 15 is 0 Å². The van der Waals surface area contributed by atoms with Gasteiger partial charge in [0.25, 0.3) is 0 Å². The van der Waals surface area contributed by atoms with E-state index in [1.165, 1.54) is 14.1 Å². The predicted molar refractivity (Wildman–Crippen MR) is 45.0 cm³/mol. The van der Waals surface area contributed by atoms with E-state index in [1.54, 1.807) is 0 Å². The molecule has 0 radical (unpaired) electrons. The molecule has 10 heavy (non-hydrogen) atoms. The van der Waals surface area contributed by atoms with Gasteiger partial charge in [-0.1, -0.05) is 0 Å². The van der Waals surface area contributed by atoms with Gasteiger partial charge in [0.15, 0.2) is 0 Å². The highest BCUT2D eigenvalue weighted by Gasteiger charge is 2.40. The third-order valence-electron chi connectivity index (χ3n) is 0.725. The second kappa shape index (κ2) is 3.19. The lowest BCUT2D eigenvalue weighted by atomic mass is 11.3. The van der Waals surface area contributed by atoms with Gasteiger partial charge in [0.1, 0.15) is 0 Å². The molecule has 0 atom stereocenters. The molecule has 0 aromatic carbocycles. The molecular formula is C2H8Cl2NO3PS. The van der Waals surface area contributed by atoms with Gasteiger partial charge in [-0.25, -0.2) is 8.87 Å². The van der Waals surface area contributed by atoms with Gasteiger partial charge in [-0.2, -0.15) is 0 Å². The minimum Gasteiger partial charge on any atom is -0.315 e. The van der Waals surface area contributed by atoms with Crippen molar-refractivity contribution in [1.82, 2.24) is 4.31 Å². The summed E-state index contributed by atoms with van der Waals surface area (Å²) in [7, 11) is 10.6. The van der Waals surface area contributed by atoms with Crippen molar-refractivity contribution in [2.45, 2.75) is 0 Å². The van der Waals surface area contributed by atoms with Crippen molar-refractivity contribution in [2.24, 2.45) is 0 Å². The largest absolute Gasteiger partial charge is 0.405 e. The van der Waals surface area contributed by atoms with Crippen molar-refractivity contribution in [2.75, 3.05) is 14.1 Å². The quantitative estimate of drug-likeness (QED) is 0.705. The first-order chi connectivity index (χ1) is 4.19. The molecule has 64 valence electrons. The van der Waals surface area contributed by atoms with Crippen molar-refractivity contribution in [1.29, 1.82) is 0 Å². The molecule has 0 aliphatic heterocycles. The van der Waals surface area contributed by atoms with Gasteiger partial charge in [0, 0.05) is 0 Å². The van der Waals surface area contributed by atoms with Crippen LogP contribution in [0.25, 0.3) is 0 Å². The van der Waals surface area contributed by atoms with E-state index in [0.717, 1.165) is 4.31 Å². The summed E-state index contributed by atoms with van der Waals surface area (Å²) in [5, 5.41) is 0. The average Bonchev–Trinajstić information content (AvgIpc) is 1.62. The van der Waals surface area contributed by atoms with Gasteiger partial charge in [0.2, 0.25) is 0 Å². The van der Waals surface area contributed by atoms with E-state index in [1.807, 2.05) is 0 Å². The molecule has 0 rings (SSSR count). The summed E-state index contributed by atoms with van der Waals surface area (Å²) in [6, 6.07) is 0. The fraction of sp³-hybridized carbons (Fsp3) is 1.00. The maximum absolute atomic E-state index is 10.5. The van der Waals surface area contributed by atoms with E-state index in [9.17, 15) is 4.57 Å². The molecule has 0 fully saturated rings. The fourth-order valence-corrected chi connectivity index (χ4v) is 1.91. The maximum atomic E-state index is 10.5. The van der Waals surface area contributed by atoms with Crippen molar-refractivity contribution in [3.05, 3.63) is 0 Å². The Hall–Kier alpha value is 1.04. The van der Waals surface area contributed by atoms with Crippen LogP contribution in [0.1, 0.15) is 0 Å². The van der Waals surface area contributed by atoms with Crippen LogP contribution >= 0.6 is 36.4 Å². The number of rotatable bonds is 2. The summed E-state index contributed by atoms with van der Waals surface area (Å²) in [6.45, 7) is -4.38. The first-order valence-electron chi connectivity index (χ1n) is 2.15. The van der Waals surface area contributed by atoms with Crippen LogP contribution in [0.3, 0.4) is 0 Å². The topological polar surface area (TPSA) is 60.8 Å². The Balaban J connectivity index is 4.58. The highest BCUT2D eigenvalue weighted by Crippen LogP contribution is 2.84. The Morgan fingerprint density at radius 2 is 1.70 bits per heavy atom. The SMILES string of the molecule is CN(C)S(Cl)(Cl)P(=O)(O)O. The van der Waals surface area contributed by atoms with E-state index in [2.05, 4.69) is 0 Å². The monoisotopic (exact) mass is 227 g/mol. The molecular weight excluding hydrogens is 220 g/mol. The lowest BCUT2D eigenvalue weighted by Crippen LogP contribution is -2.09. The Kier molecular flexibility index (Phi) is 3.52. The average molecular weight is 228 g/mol. The molecule has 0 aromatic heterocycles. The van der Waals surface area contributed by atoms with E-state index in [0.29, 0.717) is 0 Å². The zero-order chi connectivity index (χ0) is 8.58. The summed E-state index contributed by atoms with van der Waals surface area (Å²) in [5.74, 6) is 0. The van der Waals surface area contributed by atoms with Crippen LogP contribution in [0.5, 0.6) is 0 Å². The van der Waals surface area contributed by atoms with Crippen LogP contribution < -0.4 is 0 Å². The van der Waals surface area contributed by atoms with Gasteiger partial charge in [0.05, 0.1) is 8.26 Å². The summed E-state index contributed by atoms with van der Waals surface area (Å²) < 4.78 is 11.6. The molecule has 0 amide bonds. The Morgan fingerprint density at radius 1 is 1.40 bits per heavy atom. The smallest absolute Gasteiger partial charge is 0.315 e. The molecule has 0 saturated carbocycles. The number of hydrogen-bond donors (Lipinski definition) is 2. The summed E-state index contributed by atoms with van der Waals surface area (Å²) in [6.07, 6.45) is 0. The summed E-state index contributed by atoms with van der Waals surface area (Å²) in [5.41, 5.74) is 0. The van der Waals surface area contributed by atoms with Crippen LogP contribution in [0.15, 0.2) is 0 Å². The zero-order valence-electron chi connectivity index (χ0n) is 5.36. The normalized spacial score (nSPS) is 15.9. The van der Waals surface area contributed by atoms with Crippen molar-refractivity contribution >= 4 is 36.4 Å². The number of halogens is 2. The number of hydrogen-bond acceptors (Lipinski definition) is 2. The van der Waals surface area contributed by atoms with Gasteiger partial charge >= 0.3 is 6.80 Å². The van der Waals surface area contributed by atoms with Gasteiger partial charge in [-0.15, -0.1) is 0 Å². The van der Waals surface area contributed by atoms with Gasteiger partial charge in [-0.3, -0.25) is 0 Å². The fourth-order valence-electron chi connectivity index (χ4n) is 0.213. The third-order valence-corrected chi connectivity index (χ3v) is 9.77. The van der Waals surface area contributed by atoms with Crippen LogP contribution in [-0.2, 0) is 4.57 Å². The molecule has 4 nitrogen and oxygen atoms in total. The molecule has 0 saturated heterocycles. The van der Waals surface area contributed by atoms with Crippen LogP contribution in [0, 0.1) is 0 Å². The highest BCUT2D eigenvalue weighted by atomic mass is 36.0. The molecule has 0 aliphatic rings. The Bertz CT molecular complexity index is 168. The molecule has 0 aromatic rings. The molecule has 0 bridgehead atoms. The maximum Gasteiger partial charge on any atom is 0.405 e. The lowest BCUT2D eigenvalue weighted by Gasteiger charge is -2.31. The third kappa shape index (κ3) is 2.27. The minimum absolute atomic E-state index is 1.12. The summed E-state index contributed by atoms with van der Waals surface area (Å²) in [4.78, 5) is 17.1. The van der Waals surface area contributed by atoms with E-state index in [-0.39, 0.29) is 0 Å². The van der Waals surface area contributed by atoms with E-state index in [4.69, 9.17) is 31.2 Å². The van der Waals surface area contributed by atoms with Crippen molar-refractivity contribution in [3.63, 3.8) is 0 Å². The molecule has 0 heterocycles. The molecule has 0 aliphatic carbocycles. The first-order valence-corrected chi connectivity index (χ1v) is 7.61. The molecule has 0 unspecified atom stereocenters. The van der Waals surface area contributed by atoms with E-state index < -0.39 is 15.1 Å². The standard InChI is InChI=1S/C2H8Cl2NO3PS/c1-5(2)10(3,4)9(6,7)8/h1-2H3,(H2,6,7,8). The first kappa shape index (κ1) is 11.0. The van der Waals surface area contributed by atoms with Gasteiger partial charge in [-0.05, 0) is 35.5 Å². The summed E-state index contributed by atoms with van der Waals surface area (Å²) >= 11 is 0. The van der Waals surface area contributed by atoms with Crippen molar-refractivity contribution in [3.8, 4) is 0 Å². The zero-order valence-corrected chi connectivity index (χ0v) is 8.58. The number of nitrogens with zero attached hydrogens (tertiary/aromatic N) is 1. The van der Waals surface area contributed by atoms with Crippen LogP contribution in [0.2, 0.25) is 0 Å². The minimum atomic E-state index is -4.38. The highest BCUT2D eigenvalue weighted by molar-refractivity contribution is 8.96. The predicted octanol–water partition coefficient (Wildman–Crippen LogP) is 1.67. The van der Waals surface area contributed by atoms with Gasteiger partial charge < -0.3 is 9.79 Å². The second-order valence-electron chi connectivity index (χ2n) is 1.72. The van der Waals surface area contributed by atoms with Crippen molar-refractivity contribution < 1.29 is 14.4 Å². The molecule has 8 heteroatoms. The lowest BCUT2D eigenvalue weighted by molar-refractivity contribution is 0.394. The Labute approximate surface area is 69.5 Å².